The monoisotopic (exact) mass is 564 g/mol. The van der Waals surface area contributed by atoms with E-state index < -0.39 is 0 Å². The third-order valence-corrected chi connectivity index (χ3v) is 8.44. The second-order valence-electron chi connectivity index (χ2n) is 11.9. The van der Waals surface area contributed by atoms with Crippen molar-refractivity contribution in [2.75, 3.05) is 0 Å². The van der Waals surface area contributed by atoms with Crippen molar-refractivity contribution in [3.63, 3.8) is 0 Å². The van der Waals surface area contributed by atoms with E-state index in [0.717, 1.165) is 128 Å². The molecule has 0 aromatic rings. The van der Waals surface area contributed by atoms with Gasteiger partial charge in [-0.15, -0.1) is 0 Å². The summed E-state index contributed by atoms with van der Waals surface area (Å²) >= 11 is 0. The van der Waals surface area contributed by atoms with E-state index in [0.29, 0.717) is 25.7 Å². The number of hydrogen-bond donors (Lipinski definition) is 0. The highest BCUT2D eigenvalue weighted by atomic mass is 16.6. The molecule has 4 unspecified atom stereocenters. The van der Waals surface area contributed by atoms with Gasteiger partial charge in [-0.25, -0.2) is 0 Å². The van der Waals surface area contributed by atoms with Crippen LogP contribution in [-0.2, 0) is 38.1 Å². The Bertz CT molecular complexity index is 653. The van der Waals surface area contributed by atoms with E-state index in [1.807, 2.05) is 0 Å². The molecular weight excluding hydrogens is 512 g/mol. The van der Waals surface area contributed by atoms with Crippen molar-refractivity contribution in [2.45, 2.75) is 179 Å². The van der Waals surface area contributed by atoms with Gasteiger partial charge in [0.1, 0.15) is 24.4 Å². The molecule has 8 nitrogen and oxygen atoms in total. The van der Waals surface area contributed by atoms with Crippen molar-refractivity contribution in [1.82, 2.24) is 0 Å². The molecule has 8 heteroatoms. The molecule has 0 radical (unpaired) electrons. The number of carbonyl (C=O) groups excluding carboxylic acids is 4. The lowest BCUT2D eigenvalue weighted by atomic mass is 9.94. The van der Waals surface area contributed by atoms with Gasteiger partial charge in [0, 0.05) is 25.7 Å². The second-order valence-corrected chi connectivity index (χ2v) is 11.9. The SMILES string of the molecule is O=C1CCCCCCCCC(=O)OC2CCCCC2OC(=O)CCCCCCCCC(=O)OC2CCCCC2O1. The zero-order valence-electron chi connectivity index (χ0n) is 24.5. The van der Waals surface area contributed by atoms with Crippen molar-refractivity contribution in [2.24, 2.45) is 0 Å². The quantitative estimate of drug-likeness (QED) is 0.228. The minimum absolute atomic E-state index is 0.199. The minimum Gasteiger partial charge on any atom is -0.458 e. The largest absolute Gasteiger partial charge is 0.458 e. The zero-order valence-corrected chi connectivity index (χ0v) is 24.5. The summed E-state index contributed by atoms with van der Waals surface area (Å²) < 4.78 is 23.0. The van der Waals surface area contributed by atoms with E-state index in [1.54, 1.807) is 0 Å². The summed E-state index contributed by atoms with van der Waals surface area (Å²) in [6, 6.07) is 0. The van der Waals surface area contributed by atoms with Crippen LogP contribution in [0, 0.1) is 0 Å². The molecule has 3 aliphatic rings. The van der Waals surface area contributed by atoms with Crippen LogP contribution in [0.4, 0.5) is 0 Å². The molecule has 1 heterocycles. The first-order chi connectivity index (χ1) is 19.5. The fourth-order valence-corrected chi connectivity index (χ4v) is 6.07. The van der Waals surface area contributed by atoms with Gasteiger partial charge in [-0.05, 0) is 77.0 Å². The van der Waals surface area contributed by atoms with Gasteiger partial charge < -0.3 is 18.9 Å². The van der Waals surface area contributed by atoms with Crippen LogP contribution < -0.4 is 0 Å². The molecule has 40 heavy (non-hydrogen) atoms. The lowest BCUT2D eigenvalue weighted by molar-refractivity contribution is -0.171. The van der Waals surface area contributed by atoms with Crippen LogP contribution in [0.1, 0.15) is 154 Å². The van der Waals surface area contributed by atoms with Crippen LogP contribution in [0.5, 0.6) is 0 Å². The molecule has 4 atom stereocenters. The molecule has 228 valence electrons. The predicted octanol–water partition coefficient (Wildman–Crippen LogP) is 7.04. The molecule has 3 rings (SSSR count). The molecule has 0 amide bonds. The highest BCUT2D eigenvalue weighted by Crippen LogP contribution is 2.27. The van der Waals surface area contributed by atoms with Crippen molar-refractivity contribution in [3.8, 4) is 0 Å². The number of esters is 4. The van der Waals surface area contributed by atoms with Gasteiger partial charge in [0.05, 0.1) is 0 Å². The van der Waals surface area contributed by atoms with Crippen LogP contribution in [-0.4, -0.2) is 48.3 Å². The molecule has 3 fully saturated rings. The maximum absolute atomic E-state index is 12.4. The van der Waals surface area contributed by atoms with Crippen LogP contribution in [0.25, 0.3) is 0 Å². The van der Waals surface area contributed by atoms with E-state index in [1.165, 1.54) is 0 Å². The number of carbonyl (C=O) groups is 4. The van der Waals surface area contributed by atoms with Gasteiger partial charge in [-0.3, -0.25) is 19.2 Å². The lowest BCUT2D eigenvalue weighted by Gasteiger charge is -2.30. The Labute approximate surface area is 240 Å². The number of fused-ring (bicyclic) bond motifs is 2. The highest BCUT2D eigenvalue weighted by Gasteiger charge is 2.32. The van der Waals surface area contributed by atoms with Crippen LogP contribution >= 0.6 is 0 Å². The standard InChI is InChI=1S/C32H52O8/c33-29-21-9-5-1-2-6-10-22-30(34)38-27-19-15-16-20-28(27)40-32(36)24-12-8-4-3-7-11-23-31(35)39-26-18-14-13-17-25(26)37-29/h25-28H,1-24H2. The van der Waals surface area contributed by atoms with Crippen LogP contribution in [0.3, 0.4) is 0 Å². The normalized spacial score (nSPS) is 30.6. The van der Waals surface area contributed by atoms with E-state index in [4.69, 9.17) is 18.9 Å². The van der Waals surface area contributed by atoms with Crippen molar-refractivity contribution in [1.29, 1.82) is 0 Å². The predicted molar refractivity (Wildman–Crippen MR) is 150 cm³/mol. The van der Waals surface area contributed by atoms with Crippen molar-refractivity contribution < 1.29 is 38.1 Å². The Kier molecular flexibility index (Phi) is 15.5. The third-order valence-electron chi connectivity index (χ3n) is 8.44. The maximum Gasteiger partial charge on any atom is 0.306 e. The summed E-state index contributed by atoms with van der Waals surface area (Å²) in [5.41, 5.74) is 0. The topological polar surface area (TPSA) is 105 Å². The van der Waals surface area contributed by atoms with Gasteiger partial charge in [0.2, 0.25) is 0 Å². The lowest BCUT2D eigenvalue weighted by Crippen LogP contribution is -2.37. The summed E-state index contributed by atoms with van der Waals surface area (Å²) in [5.74, 6) is -0.794. The molecule has 0 aromatic heterocycles. The zero-order chi connectivity index (χ0) is 28.4. The summed E-state index contributed by atoms with van der Waals surface area (Å²) in [5, 5.41) is 0. The van der Waals surface area contributed by atoms with E-state index in [2.05, 4.69) is 0 Å². The molecule has 0 bridgehead atoms. The average Bonchev–Trinajstić information content (AvgIpc) is 2.93. The number of hydrogen-bond acceptors (Lipinski definition) is 8. The van der Waals surface area contributed by atoms with Gasteiger partial charge >= 0.3 is 23.9 Å². The maximum atomic E-state index is 12.4. The van der Waals surface area contributed by atoms with Gasteiger partial charge in [0.15, 0.2) is 0 Å². The van der Waals surface area contributed by atoms with Gasteiger partial charge in [0.25, 0.3) is 0 Å². The fraction of sp³-hybridized carbons (Fsp3) is 0.875. The number of rotatable bonds is 0. The molecule has 2 aliphatic carbocycles. The molecule has 0 spiro atoms. The summed E-state index contributed by atoms with van der Waals surface area (Å²) in [6.07, 6.45) is 18.1. The Balaban J connectivity index is 1.45. The third kappa shape index (κ3) is 13.0. The Morgan fingerprint density at radius 1 is 0.300 bits per heavy atom. The Morgan fingerprint density at radius 2 is 0.500 bits per heavy atom. The van der Waals surface area contributed by atoms with Gasteiger partial charge in [-0.2, -0.15) is 0 Å². The first-order valence-corrected chi connectivity index (χ1v) is 16.3. The molecular formula is C32H52O8. The van der Waals surface area contributed by atoms with Gasteiger partial charge in [-0.1, -0.05) is 51.4 Å². The Hall–Kier alpha value is -2.12. The Morgan fingerprint density at radius 3 is 0.725 bits per heavy atom. The second kappa shape index (κ2) is 19.1. The van der Waals surface area contributed by atoms with Crippen LogP contribution in [0.15, 0.2) is 0 Å². The molecule has 1 saturated heterocycles. The smallest absolute Gasteiger partial charge is 0.306 e. The van der Waals surface area contributed by atoms with E-state index in [9.17, 15) is 19.2 Å². The number of ether oxygens (including phenoxy) is 4. The first-order valence-electron chi connectivity index (χ1n) is 16.3. The van der Waals surface area contributed by atoms with Crippen molar-refractivity contribution >= 4 is 23.9 Å². The molecule has 0 aromatic carbocycles. The van der Waals surface area contributed by atoms with E-state index in [-0.39, 0.29) is 48.3 Å². The highest BCUT2D eigenvalue weighted by molar-refractivity contribution is 5.71. The molecule has 0 N–H and O–H groups in total. The summed E-state index contributed by atoms with van der Waals surface area (Å²) in [7, 11) is 0. The van der Waals surface area contributed by atoms with E-state index >= 15 is 0 Å². The molecule has 2 saturated carbocycles. The summed E-state index contributed by atoms with van der Waals surface area (Å²) in [6.45, 7) is 0. The average molecular weight is 565 g/mol. The van der Waals surface area contributed by atoms with Crippen LogP contribution in [0.2, 0.25) is 0 Å². The van der Waals surface area contributed by atoms with Crippen molar-refractivity contribution in [3.05, 3.63) is 0 Å². The fourth-order valence-electron chi connectivity index (χ4n) is 6.07. The minimum atomic E-state index is -0.327. The first kappa shape index (κ1) is 32.4. The summed E-state index contributed by atoms with van der Waals surface area (Å²) in [4.78, 5) is 49.8. The molecule has 1 aliphatic heterocycles.